The molecule has 0 amide bonds. The molecule has 0 radical (unpaired) electrons. The third-order valence-electron chi connectivity index (χ3n) is 4.13. The molecule has 5 nitrogen and oxygen atoms in total. The molecule has 0 aliphatic carbocycles. The summed E-state index contributed by atoms with van der Waals surface area (Å²) in [6.45, 7) is 3.00. The van der Waals surface area contributed by atoms with Gasteiger partial charge in [0.25, 0.3) is 10.0 Å². The lowest BCUT2D eigenvalue weighted by atomic mass is 10.1. The fourth-order valence-electron chi connectivity index (χ4n) is 2.47. The first-order chi connectivity index (χ1) is 14.5. The van der Waals surface area contributed by atoms with E-state index in [0.29, 0.717) is 6.42 Å². The highest BCUT2D eigenvalue weighted by molar-refractivity contribution is 7.89. The number of hydroxylamine groups is 1. The molecular formula is C20H18F5NO4S. The molecule has 0 aliphatic heterocycles. The van der Waals surface area contributed by atoms with Gasteiger partial charge in [0, 0.05) is 0 Å². The molecule has 0 saturated heterocycles. The molecule has 0 atom stereocenters. The molecular weight excluding hydrogens is 445 g/mol. The van der Waals surface area contributed by atoms with Crippen LogP contribution in [0, 0.1) is 36.0 Å². The van der Waals surface area contributed by atoms with Gasteiger partial charge in [-0.1, -0.05) is 29.8 Å². The monoisotopic (exact) mass is 463 g/mol. The minimum absolute atomic E-state index is 0.139. The maximum atomic E-state index is 13.9. The molecule has 0 aromatic heterocycles. The molecule has 0 saturated carbocycles. The number of aryl methyl sites for hydroxylation is 1. The smallest absolute Gasteiger partial charge is 0.348 e. The lowest BCUT2D eigenvalue weighted by Crippen LogP contribution is -2.35. The predicted octanol–water partition coefficient (Wildman–Crippen LogP) is 4.81. The molecule has 2 aromatic carbocycles. The van der Waals surface area contributed by atoms with Gasteiger partial charge in [-0.3, -0.25) is 0 Å². The van der Waals surface area contributed by atoms with Gasteiger partial charge in [-0.25, -0.2) is 35.2 Å². The van der Waals surface area contributed by atoms with Gasteiger partial charge in [0.1, 0.15) is 5.56 Å². The second kappa shape index (κ2) is 10.0. The lowest BCUT2D eigenvalue weighted by Gasteiger charge is -2.21. The zero-order valence-corrected chi connectivity index (χ0v) is 17.3. The standard InChI is InChI=1S/C20H18F5NO4S/c1-3-4-5-6-11-26(31(28,29)13-9-7-12(2)8-10-13)30-20(27)14-15(21)17(23)19(25)18(24)16(14)22/h3-4,7-10H,5-6,11H2,1-2H3/b4-3+. The molecule has 0 aliphatic rings. The number of hydrogen-bond acceptors (Lipinski definition) is 4. The van der Waals surface area contributed by atoms with Crippen molar-refractivity contribution in [3.63, 3.8) is 0 Å². The summed E-state index contributed by atoms with van der Waals surface area (Å²) in [4.78, 5) is 16.6. The number of unbranched alkanes of at least 4 members (excludes halogenated alkanes) is 1. The Bertz CT molecular complexity index is 1070. The molecule has 11 heteroatoms. The SMILES string of the molecule is C/C=C/CCCN(OC(=O)c1c(F)c(F)c(F)c(F)c1F)S(=O)(=O)c1ccc(C)cc1. The summed E-state index contributed by atoms with van der Waals surface area (Å²) in [6, 6.07) is 5.37. The van der Waals surface area contributed by atoms with E-state index >= 15 is 0 Å². The van der Waals surface area contributed by atoms with Crippen LogP contribution in [0.25, 0.3) is 0 Å². The number of carbonyl (C=O) groups is 1. The number of rotatable bonds is 8. The van der Waals surface area contributed by atoms with Crippen molar-refractivity contribution in [2.24, 2.45) is 0 Å². The molecule has 0 spiro atoms. The van der Waals surface area contributed by atoms with Gasteiger partial charge in [-0.2, -0.15) is 0 Å². The van der Waals surface area contributed by atoms with Gasteiger partial charge in [-0.15, -0.1) is 0 Å². The molecule has 0 N–H and O–H groups in total. The Kier molecular flexibility index (Phi) is 7.91. The van der Waals surface area contributed by atoms with Crippen molar-refractivity contribution in [1.82, 2.24) is 4.47 Å². The molecule has 0 fully saturated rings. The number of nitrogens with zero attached hydrogens (tertiary/aromatic N) is 1. The van der Waals surface area contributed by atoms with E-state index < -0.39 is 57.2 Å². The molecule has 0 bridgehead atoms. The largest absolute Gasteiger partial charge is 0.364 e. The molecule has 0 unspecified atom stereocenters. The minimum atomic E-state index is -4.50. The third kappa shape index (κ3) is 5.28. The highest BCUT2D eigenvalue weighted by Crippen LogP contribution is 2.25. The zero-order valence-electron chi connectivity index (χ0n) is 16.5. The number of sulfonamides is 1. The van der Waals surface area contributed by atoms with Crippen LogP contribution in [-0.2, 0) is 14.9 Å². The summed E-state index contributed by atoms with van der Waals surface area (Å²) < 4.78 is 93.8. The van der Waals surface area contributed by atoms with Crippen LogP contribution in [0.3, 0.4) is 0 Å². The Morgan fingerprint density at radius 2 is 1.48 bits per heavy atom. The fraction of sp³-hybridized carbons (Fsp3) is 0.250. The lowest BCUT2D eigenvalue weighted by molar-refractivity contribution is -0.0458. The highest BCUT2D eigenvalue weighted by atomic mass is 32.2. The van der Waals surface area contributed by atoms with Gasteiger partial charge < -0.3 is 4.84 Å². The zero-order chi connectivity index (χ0) is 23.3. The van der Waals surface area contributed by atoms with Crippen LogP contribution in [0.2, 0.25) is 0 Å². The quantitative estimate of drug-likeness (QED) is 0.141. The van der Waals surface area contributed by atoms with Gasteiger partial charge in [0.15, 0.2) is 23.3 Å². The average Bonchev–Trinajstić information content (AvgIpc) is 2.73. The summed E-state index contributed by atoms with van der Waals surface area (Å²) in [6.07, 6.45) is 3.90. The Hall–Kier alpha value is -2.79. The van der Waals surface area contributed by atoms with E-state index in [1.165, 1.54) is 24.3 Å². The maximum absolute atomic E-state index is 13.9. The predicted molar refractivity (Wildman–Crippen MR) is 101 cm³/mol. The first-order valence-electron chi connectivity index (χ1n) is 8.96. The Morgan fingerprint density at radius 1 is 0.968 bits per heavy atom. The van der Waals surface area contributed by atoms with Crippen molar-refractivity contribution in [2.45, 2.75) is 31.6 Å². The van der Waals surface area contributed by atoms with Crippen molar-refractivity contribution in [1.29, 1.82) is 0 Å². The van der Waals surface area contributed by atoms with Crippen molar-refractivity contribution in [3.05, 3.63) is 76.6 Å². The molecule has 0 heterocycles. The second-order valence-electron chi connectivity index (χ2n) is 6.38. The highest BCUT2D eigenvalue weighted by Gasteiger charge is 2.34. The van der Waals surface area contributed by atoms with Crippen LogP contribution in [0.4, 0.5) is 22.0 Å². The van der Waals surface area contributed by atoms with Gasteiger partial charge in [0.05, 0.1) is 11.4 Å². The summed E-state index contributed by atoms with van der Waals surface area (Å²) in [5.74, 6) is -14.1. The topological polar surface area (TPSA) is 63.7 Å². The summed E-state index contributed by atoms with van der Waals surface area (Å²) in [5.41, 5.74) is -1.16. The van der Waals surface area contributed by atoms with E-state index in [0.717, 1.165) is 5.56 Å². The van der Waals surface area contributed by atoms with E-state index in [-0.39, 0.29) is 15.8 Å². The minimum Gasteiger partial charge on any atom is -0.348 e. The molecule has 31 heavy (non-hydrogen) atoms. The number of halogens is 5. The second-order valence-corrected chi connectivity index (χ2v) is 8.21. The maximum Gasteiger partial charge on any atom is 0.364 e. The Morgan fingerprint density at radius 3 is 2.00 bits per heavy atom. The first-order valence-corrected chi connectivity index (χ1v) is 10.4. The van der Waals surface area contributed by atoms with Crippen LogP contribution in [0.1, 0.15) is 35.7 Å². The summed E-state index contributed by atoms with van der Waals surface area (Å²) in [5, 5.41) is 0. The van der Waals surface area contributed by atoms with Crippen molar-refractivity contribution >= 4 is 16.0 Å². The van der Waals surface area contributed by atoms with Crippen molar-refractivity contribution in [2.75, 3.05) is 6.54 Å². The van der Waals surface area contributed by atoms with Gasteiger partial charge in [0.2, 0.25) is 5.82 Å². The number of benzene rings is 2. The van der Waals surface area contributed by atoms with Crippen LogP contribution in [0.5, 0.6) is 0 Å². The molecule has 2 aromatic rings. The normalized spacial score (nSPS) is 12.0. The third-order valence-corrected chi connectivity index (χ3v) is 5.79. The number of hydrogen-bond donors (Lipinski definition) is 0. The van der Waals surface area contributed by atoms with Crippen LogP contribution >= 0.6 is 0 Å². The van der Waals surface area contributed by atoms with Gasteiger partial charge in [-0.05, 0) is 43.3 Å². The fourth-order valence-corrected chi connectivity index (χ4v) is 3.72. The van der Waals surface area contributed by atoms with Crippen molar-refractivity contribution in [3.8, 4) is 0 Å². The number of carbonyl (C=O) groups excluding carboxylic acids is 1. The van der Waals surface area contributed by atoms with Gasteiger partial charge >= 0.3 is 5.97 Å². The first kappa shape index (κ1) is 24.5. The van der Waals surface area contributed by atoms with Crippen molar-refractivity contribution < 1.29 is 40.0 Å². The summed E-state index contributed by atoms with van der Waals surface area (Å²) in [7, 11) is -4.50. The molecule has 168 valence electrons. The van der Waals surface area contributed by atoms with E-state index in [9.17, 15) is 35.2 Å². The van der Waals surface area contributed by atoms with E-state index in [1.807, 2.05) is 0 Å². The number of allylic oxidation sites excluding steroid dienone is 2. The summed E-state index contributed by atoms with van der Waals surface area (Å²) >= 11 is 0. The van der Waals surface area contributed by atoms with E-state index in [2.05, 4.69) is 4.84 Å². The van der Waals surface area contributed by atoms with E-state index in [1.54, 1.807) is 26.0 Å². The van der Waals surface area contributed by atoms with Crippen LogP contribution < -0.4 is 0 Å². The molecule has 2 rings (SSSR count). The van der Waals surface area contributed by atoms with Crippen LogP contribution in [0.15, 0.2) is 41.3 Å². The average molecular weight is 463 g/mol. The van der Waals surface area contributed by atoms with E-state index in [4.69, 9.17) is 0 Å². The Labute approximate surface area is 175 Å². The van der Waals surface area contributed by atoms with Crippen LogP contribution in [-0.4, -0.2) is 25.4 Å². The Balaban J connectivity index is 2.44.